The molecule has 0 unspecified atom stereocenters. The second-order valence-corrected chi connectivity index (χ2v) is 8.12. The number of nitrogens with zero attached hydrogens (tertiary/aromatic N) is 3. The van der Waals surface area contributed by atoms with E-state index >= 15 is 0 Å². The Morgan fingerprint density at radius 2 is 1.86 bits per heavy atom. The highest BCUT2D eigenvalue weighted by Gasteiger charge is 2.26. The Morgan fingerprint density at radius 1 is 1.11 bits per heavy atom. The lowest BCUT2D eigenvalue weighted by Gasteiger charge is -2.34. The highest BCUT2D eigenvalue weighted by Crippen LogP contribution is 2.29. The maximum Gasteiger partial charge on any atom is 0.323 e. The number of fused-ring (bicyclic) bond motifs is 1. The first kappa shape index (κ1) is 18.7. The average molecular weight is 401 g/mol. The zero-order chi connectivity index (χ0) is 19.5. The molecule has 0 bridgehead atoms. The molecule has 148 valence electrons. The van der Waals surface area contributed by atoms with E-state index in [4.69, 9.17) is 4.74 Å². The number of rotatable bonds is 3. The number of piperazine rings is 1. The number of aryl methyl sites for hydroxylation is 2. The summed E-state index contributed by atoms with van der Waals surface area (Å²) in [6.07, 6.45) is 4.44. The van der Waals surface area contributed by atoms with Gasteiger partial charge in [-0.15, -0.1) is 11.3 Å². The molecule has 1 aliphatic heterocycles. The van der Waals surface area contributed by atoms with Crippen LogP contribution in [0.4, 0.5) is 9.93 Å². The summed E-state index contributed by atoms with van der Waals surface area (Å²) in [4.78, 5) is 34.7. The molecule has 7 nitrogen and oxygen atoms in total. The summed E-state index contributed by atoms with van der Waals surface area (Å²) < 4.78 is 5.19. The van der Waals surface area contributed by atoms with Crippen molar-refractivity contribution in [3.8, 4) is 5.75 Å². The van der Waals surface area contributed by atoms with Crippen LogP contribution in [-0.2, 0) is 12.8 Å². The van der Waals surface area contributed by atoms with Gasteiger partial charge in [0, 0.05) is 36.6 Å². The minimum Gasteiger partial charge on any atom is -0.497 e. The molecule has 8 heteroatoms. The van der Waals surface area contributed by atoms with E-state index in [9.17, 15) is 9.59 Å². The molecule has 2 aromatic rings. The van der Waals surface area contributed by atoms with Gasteiger partial charge in [-0.05, 0) is 43.9 Å². The van der Waals surface area contributed by atoms with Crippen molar-refractivity contribution in [3.63, 3.8) is 0 Å². The van der Waals surface area contributed by atoms with E-state index in [-0.39, 0.29) is 11.9 Å². The van der Waals surface area contributed by atoms with Crippen LogP contribution in [-0.4, -0.2) is 60.0 Å². The van der Waals surface area contributed by atoms with Crippen molar-refractivity contribution in [1.29, 1.82) is 0 Å². The van der Waals surface area contributed by atoms with Crippen LogP contribution < -0.4 is 10.1 Å². The smallest absolute Gasteiger partial charge is 0.323 e. The number of nitrogens with one attached hydrogen (secondary N) is 1. The van der Waals surface area contributed by atoms with Crippen LogP contribution in [0.5, 0.6) is 5.75 Å². The number of aromatic nitrogens is 1. The molecule has 3 amide bonds. The van der Waals surface area contributed by atoms with Crippen molar-refractivity contribution in [3.05, 3.63) is 40.4 Å². The fourth-order valence-corrected chi connectivity index (χ4v) is 4.67. The highest BCUT2D eigenvalue weighted by atomic mass is 32.1. The second kappa shape index (κ2) is 8.18. The van der Waals surface area contributed by atoms with Crippen LogP contribution in [0.1, 0.15) is 33.8 Å². The zero-order valence-electron chi connectivity index (χ0n) is 15.9. The third-order valence-corrected chi connectivity index (χ3v) is 6.30. The Hall–Kier alpha value is -2.61. The van der Waals surface area contributed by atoms with Crippen molar-refractivity contribution >= 4 is 28.4 Å². The molecule has 0 radical (unpaired) electrons. The van der Waals surface area contributed by atoms with Gasteiger partial charge in [-0.25, -0.2) is 9.78 Å². The Balaban J connectivity index is 1.32. The van der Waals surface area contributed by atoms with Gasteiger partial charge in [0.15, 0.2) is 5.13 Å². The van der Waals surface area contributed by atoms with Crippen molar-refractivity contribution in [1.82, 2.24) is 14.8 Å². The molecule has 1 aliphatic carbocycles. The zero-order valence-corrected chi connectivity index (χ0v) is 16.8. The van der Waals surface area contributed by atoms with Crippen molar-refractivity contribution in [2.45, 2.75) is 25.7 Å². The summed E-state index contributed by atoms with van der Waals surface area (Å²) in [6.45, 7) is 2.04. The van der Waals surface area contributed by atoms with E-state index in [1.54, 1.807) is 40.4 Å². The summed E-state index contributed by atoms with van der Waals surface area (Å²) >= 11 is 1.59. The monoisotopic (exact) mass is 400 g/mol. The number of amides is 3. The maximum atomic E-state index is 12.7. The van der Waals surface area contributed by atoms with Crippen molar-refractivity contribution in [2.75, 3.05) is 38.6 Å². The number of methoxy groups -OCH3 is 1. The number of benzene rings is 1. The number of hydrogen-bond donors (Lipinski definition) is 1. The number of urea groups is 1. The molecule has 0 saturated carbocycles. The summed E-state index contributed by atoms with van der Waals surface area (Å²) in [5, 5.41) is 3.62. The quantitative estimate of drug-likeness (QED) is 0.859. The normalized spacial score (nSPS) is 16.5. The fourth-order valence-electron chi connectivity index (χ4n) is 3.63. The molecule has 1 saturated heterocycles. The van der Waals surface area contributed by atoms with Crippen molar-refractivity contribution in [2.24, 2.45) is 0 Å². The predicted molar refractivity (Wildman–Crippen MR) is 108 cm³/mol. The molecule has 0 atom stereocenters. The summed E-state index contributed by atoms with van der Waals surface area (Å²) in [6, 6.07) is 7.01. The third kappa shape index (κ3) is 3.96. The first-order chi connectivity index (χ1) is 13.6. The highest BCUT2D eigenvalue weighted by molar-refractivity contribution is 7.15. The van der Waals surface area contributed by atoms with Crippen LogP contribution in [0.15, 0.2) is 24.3 Å². The van der Waals surface area contributed by atoms with Crippen LogP contribution in [0.25, 0.3) is 0 Å². The molecule has 28 heavy (non-hydrogen) atoms. The molecular formula is C20H24N4O3S. The maximum absolute atomic E-state index is 12.7. The van der Waals surface area contributed by atoms with Gasteiger partial charge >= 0.3 is 6.03 Å². The van der Waals surface area contributed by atoms with Crippen LogP contribution in [0.3, 0.4) is 0 Å². The number of ether oxygens (including phenoxy) is 1. The number of carbonyl (C=O) groups is 2. The number of thiazole rings is 1. The van der Waals surface area contributed by atoms with Gasteiger partial charge in [-0.2, -0.15) is 0 Å². The van der Waals surface area contributed by atoms with Gasteiger partial charge in [-0.1, -0.05) is 6.07 Å². The van der Waals surface area contributed by atoms with Gasteiger partial charge in [0.25, 0.3) is 5.91 Å². The molecule has 1 N–H and O–H groups in total. The molecular weight excluding hydrogens is 376 g/mol. The topological polar surface area (TPSA) is 74.8 Å². The first-order valence-electron chi connectivity index (χ1n) is 9.62. The Morgan fingerprint density at radius 3 is 2.61 bits per heavy atom. The number of hydrogen-bond acceptors (Lipinski definition) is 5. The summed E-state index contributed by atoms with van der Waals surface area (Å²) in [5.74, 6) is 0.626. The Bertz CT molecular complexity index is 851. The van der Waals surface area contributed by atoms with E-state index in [2.05, 4.69) is 10.3 Å². The van der Waals surface area contributed by atoms with Crippen LogP contribution >= 0.6 is 11.3 Å². The molecule has 2 heterocycles. The predicted octanol–water partition coefficient (Wildman–Crippen LogP) is 3.02. The summed E-state index contributed by atoms with van der Waals surface area (Å²) in [5.41, 5.74) is 1.74. The van der Waals surface area contributed by atoms with Gasteiger partial charge in [-0.3, -0.25) is 10.1 Å². The Kier molecular flexibility index (Phi) is 5.47. The molecule has 4 rings (SSSR count). The molecule has 2 aliphatic rings. The fraction of sp³-hybridized carbons (Fsp3) is 0.450. The minimum absolute atomic E-state index is 0.0356. The summed E-state index contributed by atoms with van der Waals surface area (Å²) in [7, 11) is 1.58. The Labute approximate surface area is 168 Å². The van der Waals surface area contributed by atoms with Gasteiger partial charge in [0.05, 0.1) is 12.8 Å². The van der Waals surface area contributed by atoms with E-state index in [0.717, 1.165) is 18.5 Å². The van der Waals surface area contributed by atoms with E-state index in [1.165, 1.54) is 17.7 Å². The average Bonchev–Trinajstić information content (AvgIpc) is 3.15. The van der Waals surface area contributed by atoms with E-state index in [0.29, 0.717) is 42.6 Å². The van der Waals surface area contributed by atoms with Gasteiger partial charge in [0.2, 0.25) is 0 Å². The largest absolute Gasteiger partial charge is 0.497 e. The second-order valence-electron chi connectivity index (χ2n) is 7.04. The lowest BCUT2D eigenvalue weighted by molar-refractivity contribution is 0.0671. The van der Waals surface area contributed by atoms with Gasteiger partial charge in [0.1, 0.15) is 5.75 Å². The number of carbonyl (C=O) groups excluding carboxylic acids is 2. The molecule has 0 spiro atoms. The van der Waals surface area contributed by atoms with Crippen LogP contribution in [0, 0.1) is 0 Å². The third-order valence-electron chi connectivity index (χ3n) is 5.23. The van der Waals surface area contributed by atoms with Gasteiger partial charge < -0.3 is 14.5 Å². The lowest BCUT2D eigenvalue weighted by Crippen LogP contribution is -2.51. The van der Waals surface area contributed by atoms with E-state index in [1.807, 2.05) is 12.1 Å². The molecule has 1 aromatic heterocycles. The minimum atomic E-state index is -0.139. The van der Waals surface area contributed by atoms with Crippen molar-refractivity contribution < 1.29 is 14.3 Å². The molecule has 1 aromatic carbocycles. The SMILES string of the molecule is COc1cccc(C(=O)N2CCN(C(=O)Nc3nc4c(s3)CCCC4)CC2)c1. The number of anilines is 1. The lowest BCUT2D eigenvalue weighted by atomic mass is 10.0. The van der Waals surface area contributed by atoms with Crippen LogP contribution in [0.2, 0.25) is 0 Å². The van der Waals surface area contributed by atoms with E-state index < -0.39 is 0 Å². The first-order valence-corrected chi connectivity index (χ1v) is 10.4. The standard InChI is InChI=1S/C20H24N4O3S/c1-27-15-6-4-5-14(13-15)18(25)23-9-11-24(12-10-23)20(26)22-19-21-16-7-2-3-8-17(16)28-19/h4-6,13H,2-3,7-12H2,1H3,(H,21,22,26). The molecule has 1 fully saturated rings.